The van der Waals surface area contributed by atoms with Crippen molar-refractivity contribution < 1.29 is 8.42 Å². The third-order valence-corrected chi connectivity index (χ3v) is 6.39. The van der Waals surface area contributed by atoms with Gasteiger partial charge in [-0.2, -0.15) is 4.31 Å². The summed E-state index contributed by atoms with van der Waals surface area (Å²) in [6.45, 7) is 1.95. The zero-order chi connectivity index (χ0) is 13.2. The van der Waals surface area contributed by atoms with Gasteiger partial charge in [0.05, 0.1) is 5.25 Å². The average molecular weight is 267 g/mol. The Bertz CT molecular complexity index is 478. The molecule has 0 aromatic heterocycles. The van der Waals surface area contributed by atoms with E-state index in [0.717, 1.165) is 31.2 Å². The zero-order valence-electron chi connectivity index (χ0n) is 11.0. The van der Waals surface area contributed by atoms with E-state index in [1.807, 2.05) is 37.3 Å². The Hall–Kier alpha value is -0.870. The highest BCUT2D eigenvalue weighted by atomic mass is 32.2. The molecule has 4 heteroatoms. The molecule has 1 aromatic rings. The SMILES string of the molecule is C[C@H](c1ccccc1)N(C)S(=O)(=O)C1CCCC1. The first-order valence-corrected chi connectivity index (χ1v) is 8.05. The highest BCUT2D eigenvalue weighted by Crippen LogP contribution is 2.30. The van der Waals surface area contributed by atoms with E-state index in [1.54, 1.807) is 11.4 Å². The largest absolute Gasteiger partial charge is 0.217 e. The Morgan fingerprint density at radius 2 is 1.72 bits per heavy atom. The van der Waals surface area contributed by atoms with Gasteiger partial charge in [-0.15, -0.1) is 0 Å². The molecule has 0 unspecified atom stereocenters. The second-order valence-corrected chi connectivity index (χ2v) is 7.33. The molecule has 100 valence electrons. The van der Waals surface area contributed by atoms with Crippen LogP contribution in [0.4, 0.5) is 0 Å². The molecule has 1 atom stereocenters. The molecule has 0 radical (unpaired) electrons. The van der Waals surface area contributed by atoms with Gasteiger partial charge in [0.1, 0.15) is 0 Å². The van der Waals surface area contributed by atoms with Crippen LogP contribution in [0.15, 0.2) is 30.3 Å². The van der Waals surface area contributed by atoms with E-state index in [-0.39, 0.29) is 11.3 Å². The molecule has 0 bridgehead atoms. The summed E-state index contributed by atoms with van der Waals surface area (Å²) in [5.41, 5.74) is 1.04. The Balaban J connectivity index is 2.18. The smallest absolute Gasteiger partial charge is 0.212 e. The number of hydrogen-bond acceptors (Lipinski definition) is 2. The van der Waals surface area contributed by atoms with Crippen molar-refractivity contribution in [2.24, 2.45) is 0 Å². The maximum atomic E-state index is 12.5. The molecule has 1 fully saturated rings. The zero-order valence-corrected chi connectivity index (χ0v) is 11.9. The summed E-state index contributed by atoms with van der Waals surface area (Å²) in [4.78, 5) is 0. The maximum absolute atomic E-state index is 12.5. The highest BCUT2D eigenvalue weighted by Gasteiger charge is 2.34. The molecule has 18 heavy (non-hydrogen) atoms. The van der Waals surface area contributed by atoms with Crippen molar-refractivity contribution in [3.63, 3.8) is 0 Å². The minimum absolute atomic E-state index is 0.100. The minimum atomic E-state index is -3.15. The molecule has 1 aromatic carbocycles. The van der Waals surface area contributed by atoms with Crippen LogP contribution in [0.2, 0.25) is 0 Å². The second-order valence-electron chi connectivity index (χ2n) is 5.05. The number of benzene rings is 1. The molecule has 2 rings (SSSR count). The van der Waals surface area contributed by atoms with Crippen LogP contribution in [0.1, 0.15) is 44.2 Å². The summed E-state index contributed by atoms with van der Waals surface area (Å²) in [6, 6.07) is 9.69. The summed E-state index contributed by atoms with van der Waals surface area (Å²) >= 11 is 0. The van der Waals surface area contributed by atoms with Gasteiger partial charge in [-0.05, 0) is 25.3 Å². The normalized spacial score (nSPS) is 19.3. The van der Waals surface area contributed by atoms with E-state index in [9.17, 15) is 8.42 Å². The van der Waals surface area contributed by atoms with Crippen molar-refractivity contribution in [1.29, 1.82) is 0 Å². The quantitative estimate of drug-likeness (QED) is 0.841. The number of sulfonamides is 1. The van der Waals surface area contributed by atoms with Crippen molar-refractivity contribution in [1.82, 2.24) is 4.31 Å². The highest BCUT2D eigenvalue weighted by molar-refractivity contribution is 7.89. The molecule has 0 spiro atoms. The Morgan fingerprint density at radius 3 is 2.28 bits per heavy atom. The Morgan fingerprint density at radius 1 is 1.17 bits per heavy atom. The molecule has 3 nitrogen and oxygen atoms in total. The van der Waals surface area contributed by atoms with Crippen LogP contribution in [0, 0.1) is 0 Å². The summed E-state index contributed by atoms with van der Waals surface area (Å²) in [6.07, 6.45) is 3.71. The van der Waals surface area contributed by atoms with Gasteiger partial charge >= 0.3 is 0 Å². The van der Waals surface area contributed by atoms with E-state index >= 15 is 0 Å². The number of rotatable bonds is 4. The van der Waals surface area contributed by atoms with Crippen molar-refractivity contribution in [2.75, 3.05) is 7.05 Å². The average Bonchev–Trinajstić information content (AvgIpc) is 2.92. The van der Waals surface area contributed by atoms with E-state index in [1.165, 1.54) is 0 Å². The molecule has 0 heterocycles. The van der Waals surface area contributed by atoms with Crippen LogP contribution >= 0.6 is 0 Å². The molecule has 1 aliphatic rings. The molecule has 0 amide bonds. The molecule has 0 saturated heterocycles. The van der Waals surface area contributed by atoms with Gasteiger partial charge in [-0.25, -0.2) is 8.42 Å². The molecule has 0 aliphatic heterocycles. The third kappa shape index (κ3) is 2.59. The van der Waals surface area contributed by atoms with Crippen molar-refractivity contribution >= 4 is 10.0 Å². The van der Waals surface area contributed by atoms with Gasteiger partial charge in [0.25, 0.3) is 0 Å². The summed E-state index contributed by atoms with van der Waals surface area (Å²) in [7, 11) is -1.45. The fourth-order valence-corrected chi connectivity index (χ4v) is 4.55. The minimum Gasteiger partial charge on any atom is -0.212 e. The van der Waals surface area contributed by atoms with E-state index in [2.05, 4.69) is 0 Å². The van der Waals surface area contributed by atoms with E-state index in [4.69, 9.17) is 0 Å². The molecule has 0 N–H and O–H groups in total. The lowest BCUT2D eigenvalue weighted by Gasteiger charge is -2.27. The Labute approximate surface area is 110 Å². The second kappa shape index (κ2) is 5.41. The van der Waals surface area contributed by atoms with Crippen LogP contribution in [0.25, 0.3) is 0 Å². The first kappa shape index (κ1) is 13.6. The lowest BCUT2D eigenvalue weighted by molar-refractivity contribution is 0.391. The first-order chi connectivity index (χ1) is 8.53. The number of nitrogens with zero attached hydrogens (tertiary/aromatic N) is 1. The summed E-state index contributed by atoms with van der Waals surface area (Å²) in [5.74, 6) is 0. The maximum Gasteiger partial charge on any atom is 0.217 e. The van der Waals surface area contributed by atoms with Crippen molar-refractivity contribution in [2.45, 2.75) is 43.9 Å². The van der Waals surface area contributed by atoms with Gasteiger partial charge in [0.2, 0.25) is 10.0 Å². The molecular weight excluding hydrogens is 246 g/mol. The van der Waals surface area contributed by atoms with E-state index in [0.29, 0.717) is 0 Å². The predicted molar refractivity (Wildman–Crippen MR) is 73.8 cm³/mol. The fraction of sp³-hybridized carbons (Fsp3) is 0.571. The topological polar surface area (TPSA) is 37.4 Å². The monoisotopic (exact) mass is 267 g/mol. The lowest BCUT2D eigenvalue weighted by Crippen LogP contribution is -2.36. The van der Waals surface area contributed by atoms with E-state index < -0.39 is 10.0 Å². The Kier molecular flexibility index (Phi) is 4.07. The van der Waals surface area contributed by atoms with Crippen molar-refractivity contribution in [3.05, 3.63) is 35.9 Å². The van der Waals surface area contributed by atoms with Crippen LogP contribution in [0.5, 0.6) is 0 Å². The van der Waals surface area contributed by atoms with Crippen LogP contribution in [-0.4, -0.2) is 25.0 Å². The van der Waals surface area contributed by atoms with Gasteiger partial charge in [0.15, 0.2) is 0 Å². The summed E-state index contributed by atoms with van der Waals surface area (Å²) in [5, 5.41) is -0.173. The van der Waals surface area contributed by atoms with Gasteiger partial charge in [-0.3, -0.25) is 0 Å². The van der Waals surface area contributed by atoms with Crippen LogP contribution in [0.3, 0.4) is 0 Å². The van der Waals surface area contributed by atoms with Gasteiger partial charge in [0, 0.05) is 13.1 Å². The lowest BCUT2D eigenvalue weighted by atomic mass is 10.1. The molecule has 1 aliphatic carbocycles. The van der Waals surface area contributed by atoms with Crippen molar-refractivity contribution in [3.8, 4) is 0 Å². The van der Waals surface area contributed by atoms with Gasteiger partial charge in [-0.1, -0.05) is 43.2 Å². The third-order valence-electron chi connectivity index (χ3n) is 3.95. The first-order valence-electron chi connectivity index (χ1n) is 6.55. The van der Waals surface area contributed by atoms with Gasteiger partial charge < -0.3 is 0 Å². The van der Waals surface area contributed by atoms with Crippen LogP contribution < -0.4 is 0 Å². The molecular formula is C14H21NO2S. The summed E-state index contributed by atoms with van der Waals surface area (Å²) < 4.78 is 26.5. The standard InChI is InChI=1S/C14H21NO2S/c1-12(13-8-4-3-5-9-13)15(2)18(16,17)14-10-6-7-11-14/h3-5,8-9,12,14H,6-7,10-11H2,1-2H3/t12-/m1/s1. The van der Waals surface area contributed by atoms with Crippen LogP contribution in [-0.2, 0) is 10.0 Å². The predicted octanol–water partition coefficient (Wildman–Crippen LogP) is 2.95. The molecule has 1 saturated carbocycles. The number of hydrogen-bond donors (Lipinski definition) is 0. The fourth-order valence-electron chi connectivity index (χ4n) is 2.58.